The fraction of sp³-hybridized carbons (Fsp3) is 0. The Hall–Kier alpha value is 59.6. The first-order valence-electron chi connectivity index (χ1n) is 0. The van der Waals surface area contributed by atoms with E-state index < -0.39 is 0 Å². The molecule has 0 fully saturated rings. The number of hydrogen-bond donors (Lipinski definition) is 0. The molecule has 40 valence electrons. The molecule has 83 heteroatoms. The van der Waals surface area contributed by atoms with Crippen LogP contribution < -0.4 is 0 Å². The molecule has 0 aliphatic carbocycles. The molecule has 0 rings (SSSR count). The molecule has 5 nitrogen and oxygen atoms in total. The largest absolute Gasteiger partial charge is 2.00 e. The van der Waals surface area contributed by atoms with E-state index in [4.69, 9.17) is 0 Å². The Morgan fingerprint density at radius 2 is 0.0241 bits per heavy atom. The van der Waals surface area contributed by atoms with E-state index >= 15 is 0 Å². The molecule has 0 aliphatic heterocycles. The molecule has 0 aromatic carbocycles. The Morgan fingerprint density at radius 1 is 0.0241 bits per heavy atom. The van der Waals surface area contributed by atoms with E-state index in [2.05, 4.69) is 0 Å². The predicted octanol–water partition coefficient (Wildman–Crippen LogP) is -30.3. The average molecular weight is 1980 g/mol. The summed E-state index contributed by atoms with van der Waals surface area (Å²) in [6, 6.07) is 0. The maximum absolute atomic E-state index is 0. The summed E-state index contributed by atoms with van der Waals surface area (Å²) >= 11 is 0. The summed E-state index contributed by atoms with van der Waals surface area (Å²) in [6.45, 7) is 0. The molecule has 0 saturated carbocycles. The summed E-state index contributed by atoms with van der Waals surface area (Å²) in [6.07, 6.45) is 0. The van der Waals surface area contributed by atoms with Crippen molar-refractivity contribution >= 4 is 1800 Å². The van der Waals surface area contributed by atoms with Gasteiger partial charge in [-0.05, 0) is 0 Å². The van der Waals surface area contributed by atoms with Gasteiger partial charge in [-0.2, -0.15) is 0 Å². The van der Waals surface area contributed by atoms with Crippen molar-refractivity contribution in [2.75, 3.05) is 0 Å². The van der Waals surface area contributed by atoms with E-state index in [1.54, 1.807) is 0 Å². The Bertz CT molecular complexity index is 27.3. The van der Waals surface area contributed by atoms with Gasteiger partial charge < -0.3 is 27.4 Å². The van der Waals surface area contributed by atoms with Gasteiger partial charge in [-0.25, -0.2) is 0 Å². The third-order valence-corrected chi connectivity index (χ3v) is 0. The molecule has 0 saturated heterocycles. The molecule has 0 atom stereocenters. The van der Waals surface area contributed by atoms with Crippen LogP contribution in [0.25, 0.3) is 0 Å². The van der Waals surface area contributed by atoms with Gasteiger partial charge in [-0.15, -0.1) is 0 Å². The van der Waals surface area contributed by atoms with Crippen LogP contribution in [-0.2, 0) is 27.4 Å². The summed E-state index contributed by atoms with van der Waals surface area (Å²) in [5.41, 5.74) is 0. The molecule has 0 heterocycles. The van der Waals surface area contributed by atoms with Gasteiger partial charge in [0, 0.05) is 0 Å². The molecule has 0 radical (unpaired) electrons. The van der Waals surface area contributed by atoms with Crippen molar-refractivity contribution < 1.29 is 27.4 Å². The fourth-order valence-corrected chi connectivity index (χ4v) is 0. The molecular weight excluding hydrogens is 1980 g/mol. The molecular formula is Mg78O5+146. The zero-order chi connectivity index (χ0) is 0. The topological polar surface area (TPSA) is 142 Å². The molecule has 83 heavy (non-hydrogen) atoms. The zero-order valence-electron chi connectivity index (χ0n) is 57.2. The van der Waals surface area contributed by atoms with Gasteiger partial charge in [0.2, 0.25) is 0 Å². The van der Waals surface area contributed by atoms with Crippen molar-refractivity contribution in [1.29, 1.82) is 0 Å². The van der Waals surface area contributed by atoms with Crippen molar-refractivity contribution in [2.45, 2.75) is 0 Å². The Kier molecular flexibility index (Phi) is 7650. The Balaban J connectivity index is 0. The minimum absolute atomic E-state index is 0. The van der Waals surface area contributed by atoms with Crippen LogP contribution >= 0.6 is 0 Å². The van der Waals surface area contributed by atoms with E-state index in [1.807, 2.05) is 0 Å². The van der Waals surface area contributed by atoms with E-state index in [1.165, 1.54) is 0 Å². The van der Waals surface area contributed by atoms with Crippen LogP contribution in [0.15, 0.2) is 0 Å². The van der Waals surface area contributed by atoms with Gasteiger partial charge >= 0.3 is 1800 Å². The number of rotatable bonds is 0. The van der Waals surface area contributed by atoms with E-state index in [0.717, 1.165) is 0 Å². The summed E-state index contributed by atoms with van der Waals surface area (Å²) in [5.74, 6) is 0. The average Bonchev–Trinajstić information content (AvgIpc) is 0. The van der Waals surface area contributed by atoms with E-state index in [-0.39, 0.29) is 1830 Å². The van der Waals surface area contributed by atoms with Crippen LogP contribution in [0.5, 0.6) is 0 Å². The summed E-state index contributed by atoms with van der Waals surface area (Å²) in [5, 5.41) is 0. The third-order valence-electron chi connectivity index (χ3n) is 0. The van der Waals surface area contributed by atoms with Crippen LogP contribution in [0.4, 0.5) is 0 Å². The van der Waals surface area contributed by atoms with Crippen LogP contribution in [0.1, 0.15) is 0 Å². The van der Waals surface area contributed by atoms with Crippen molar-refractivity contribution in [1.82, 2.24) is 0 Å². The maximum atomic E-state index is 0. The van der Waals surface area contributed by atoms with Gasteiger partial charge in [0.25, 0.3) is 0 Å². The zero-order valence-corrected chi connectivity index (χ0v) is 168. The minimum Gasteiger partial charge on any atom is -2.00 e. The summed E-state index contributed by atoms with van der Waals surface area (Å²) in [4.78, 5) is 0. The van der Waals surface area contributed by atoms with Crippen molar-refractivity contribution in [3.05, 3.63) is 0 Å². The maximum Gasteiger partial charge on any atom is 2.00 e. The van der Waals surface area contributed by atoms with Crippen LogP contribution in [0.2, 0.25) is 0 Å². The molecule has 0 amide bonds. The predicted molar refractivity (Wildman–Crippen MR) is 452 cm³/mol. The normalized spacial score (nSPS) is 0. The number of hydrogen-bond acceptors (Lipinski definition) is 0. The van der Waals surface area contributed by atoms with Crippen molar-refractivity contribution in [2.24, 2.45) is 0 Å². The minimum atomic E-state index is 0. The summed E-state index contributed by atoms with van der Waals surface area (Å²) in [7, 11) is 0. The van der Waals surface area contributed by atoms with Gasteiger partial charge in [-0.3, -0.25) is 0 Å². The monoisotopic (exact) mass is 1950 g/mol. The second-order valence-electron chi connectivity index (χ2n) is 0. The smallest absolute Gasteiger partial charge is 2.00 e. The van der Waals surface area contributed by atoms with E-state index in [0.29, 0.717) is 0 Å². The fourth-order valence-electron chi connectivity index (χ4n) is 0. The first-order chi connectivity index (χ1) is 0. The van der Waals surface area contributed by atoms with Crippen LogP contribution in [0.3, 0.4) is 0 Å². The molecule has 0 aromatic rings. The molecule has 0 aromatic heterocycles. The molecule has 0 spiro atoms. The molecule has 0 unspecified atom stereocenters. The first-order valence-corrected chi connectivity index (χ1v) is 0. The molecule has 0 bridgehead atoms. The second kappa shape index (κ2) is 788. The van der Waals surface area contributed by atoms with Gasteiger partial charge in [0.15, 0.2) is 0 Å². The van der Waals surface area contributed by atoms with Gasteiger partial charge in [0.1, 0.15) is 0 Å². The SMILES string of the molecule is [Mg+2].[Mg+2].[Mg+2].[Mg+2].[Mg+2].[Mg+2].[Mg+2].[Mg+2].[Mg+2].[Mg+2].[Mg+2].[Mg+2].[Mg+2].[Mg+2].[Mg+2].[Mg+2].[Mg+2].[Mg+2].[Mg+2].[Mg+2].[Mg+2].[Mg+2].[Mg+2].[Mg+2].[Mg+2].[Mg+2].[Mg+2].[Mg+2].[Mg+2].[Mg+2].[Mg+2].[Mg+2].[Mg+2].[Mg+2].[Mg+2].[Mg+2].[Mg+2].[Mg+2].[Mg+2].[Mg+2].[Mg+2].[Mg+2].[Mg+2].[Mg+2].[Mg+2].[Mg+2].[Mg+2].[Mg+2].[Mg+2].[Mg+2].[Mg+2].[Mg+2].[Mg+2].[Mg+2].[Mg+2].[Mg+2].[Mg+2].[Mg+2].[Mg+2].[Mg+2].[Mg+2].[Mg+2].[Mg+2].[Mg+2].[Mg+2].[Mg+2].[Mg+2].[Mg+2].[Mg+2].[Mg+2].[Mg+2].[Mg+2].[Mg+2].[Mg+2].[Mg+2].[Mg+2].[Mg+2].[Mg+2].[O-2].[O-2].[O-2].[O-2].[O-2]. The Labute approximate surface area is 1770 Å². The van der Waals surface area contributed by atoms with Crippen molar-refractivity contribution in [3.8, 4) is 0 Å². The third kappa shape index (κ3) is 777. The van der Waals surface area contributed by atoms with E-state index in [9.17, 15) is 0 Å². The Morgan fingerprint density at radius 3 is 0.0241 bits per heavy atom. The molecule has 0 N–H and O–H groups in total. The quantitative estimate of drug-likeness (QED) is 0.213. The van der Waals surface area contributed by atoms with Crippen molar-refractivity contribution in [3.63, 3.8) is 0 Å². The second-order valence-corrected chi connectivity index (χ2v) is 0. The van der Waals surface area contributed by atoms with Gasteiger partial charge in [0.05, 0.1) is 0 Å². The summed E-state index contributed by atoms with van der Waals surface area (Å²) < 4.78 is 0. The van der Waals surface area contributed by atoms with Crippen LogP contribution in [0, 0.1) is 0 Å². The standard InChI is InChI=1S/78Mg.5O/q78*+2;5*-2. The van der Waals surface area contributed by atoms with Crippen LogP contribution in [-0.4, -0.2) is 1800 Å². The first kappa shape index (κ1) is 805. The van der Waals surface area contributed by atoms with Gasteiger partial charge in [-0.1, -0.05) is 0 Å². The molecule has 0 aliphatic rings.